The maximum atomic E-state index is 13.3. The highest BCUT2D eigenvalue weighted by Gasteiger charge is 2.35. The maximum absolute atomic E-state index is 13.3. The number of hydrogen-bond donors (Lipinski definition) is 0. The number of Topliss-reactive ketones (excluding diaryl/α,β-unsaturated/α-hetero) is 1. The number of carbonyl (C=O) groups is 1. The van der Waals surface area contributed by atoms with Gasteiger partial charge in [-0.15, -0.1) is 11.8 Å². The molecule has 0 radical (unpaired) electrons. The second-order valence-electron chi connectivity index (χ2n) is 5.21. The van der Waals surface area contributed by atoms with Crippen molar-refractivity contribution >= 4 is 17.5 Å². The number of hydrogen-bond acceptors (Lipinski definition) is 2. The first-order valence-corrected chi connectivity index (χ1v) is 7.56. The van der Waals surface area contributed by atoms with Crippen LogP contribution >= 0.6 is 11.8 Å². The average Bonchev–Trinajstić information content (AvgIpc) is 2.35. The summed E-state index contributed by atoms with van der Waals surface area (Å²) in [6, 6.07) is 7.39. The highest BCUT2D eigenvalue weighted by Crippen LogP contribution is 2.38. The molecule has 1 aliphatic carbocycles. The Balaban J connectivity index is 1.91. The number of ketones is 1. The van der Waals surface area contributed by atoms with Crippen molar-refractivity contribution in [3.63, 3.8) is 0 Å². The molecule has 19 heavy (non-hydrogen) atoms. The van der Waals surface area contributed by atoms with Crippen molar-refractivity contribution in [3.05, 3.63) is 29.8 Å². The number of halogens is 2. The Bertz CT molecular complexity index is 459. The van der Waals surface area contributed by atoms with Crippen LogP contribution in [0.4, 0.5) is 8.78 Å². The smallest absolute Gasteiger partial charge is 0.248 e. The Labute approximate surface area is 116 Å². The molecule has 1 nitrogen and oxygen atoms in total. The quantitative estimate of drug-likeness (QED) is 0.583. The topological polar surface area (TPSA) is 17.1 Å². The molecule has 1 atom stereocenters. The van der Waals surface area contributed by atoms with Crippen LogP contribution in [0.5, 0.6) is 0 Å². The zero-order valence-corrected chi connectivity index (χ0v) is 11.8. The van der Waals surface area contributed by atoms with Gasteiger partial charge in [0.15, 0.2) is 5.78 Å². The van der Waals surface area contributed by atoms with E-state index in [1.54, 1.807) is 17.8 Å². The van der Waals surface area contributed by atoms with Crippen molar-refractivity contribution in [1.82, 2.24) is 0 Å². The zero-order chi connectivity index (χ0) is 13.9. The van der Waals surface area contributed by atoms with Crippen LogP contribution in [0, 0.1) is 5.92 Å². The van der Waals surface area contributed by atoms with E-state index in [4.69, 9.17) is 0 Å². The minimum Gasteiger partial charge on any atom is -0.295 e. The highest BCUT2D eigenvalue weighted by atomic mass is 32.2. The van der Waals surface area contributed by atoms with Crippen LogP contribution in [-0.2, 0) is 0 Å². The van der Waals surface area contributed by atoms with Gasteiger partial charge in [0, 0.05) is 29.1 Å². The van der Waals surface area contributed by atoms with Gasteiger partial charge in [-0.25, -0.2) is 8.78 Å². The summed E-state index contributed by atoms with van der Waals surface area (Å²) in [6.07, 6.45) is 1.54. The zero-order valence-electron chi connectivity index (χ0n) is 11.0. The summed E-state index contributed by atoms with van der Waals surface area (Å²) in [5.41, 5.74) is 0.680. The number of benzene rings is 1. The molecule has 0 saturated heterocycles. The minimum atomic E-state index is -2.48. The second-order valence-corrected chi connectivity index (χ2v) is 6.31. The lowest BCUT2D eigenvalue weighted by atomic mass is 9.88. The molecule has 0 aliphatic heterocycles. The SMILES string of the molecule is CC(=O)c1cccc(SCC2CCCC(F)(F)C2)c1. The van der Waals surface area contributed by atoms with Gasteiger partial charge in [0.1, 0.15) is 0 Å². The molecule has 1 aliphatic rings. The van der Waals surface area contributed by atoms with Gasteiger partial charge in [-0.1, -0.05) is 12.1 Å². The molecule has 104 valence electrons. The van der Waals surface area contributed by atoms with Gasteiger partial charge in [0.2, 0.25) is 5.92 Å². The van der Waals surface area contributed by atoms with Crippen LogP contribution in [0.15, 0.2) is 29.2 Å². The number of thioether (sulfide) groups is 1. The van der Waals surface area contributed by atoms with Gasteiger partial charge in [-0.2, -0.15) is 0 Å². The summed E-state index contributed by atoms with van der Waals surface area (Å²) in [4.78, 5) is 12.3. The summed E-state index contributed by atoms with van der Waals surface area (Å²) in [7, 11) is 0. The fourth-order valence-electron chi connectivity index (χ4n) is 2.44. The first-order valence-electron chi connectivity index (χ1n) is 6.58. The molecule has 1 unspecified atom stereocenters. The van der Waals surface area contributed by atoms with Crippen LogP contribution in [0.3, 0.4) is 0 Å². The molecule has 1 saturated carbocycles. The third-order valence-electron chi connectivity index (χ3n) is 3.47. The van der Waals surface area contributed by atoms with E-state index < -0.39 is 5.92 Å². The molecule has 0 heterocycles. The lowest BCUT2D eigenvalue weighted by molar-refractivity contribution is -0.0487. The van der Waals surface area contributed by atoms with E-state index in [1.165, 1.54) is 6.92 Å². The Morgan fingerprint density at radius 2 is 2.26 bits per heavy atom. The van der Waals surface area contributed by atoms with E-state index in [0.717, 1.165) is 11.3 Å². The van der Waals surface area contributed by atoms with Gasteiger partial charge in [-0.3, -0.25) is 4.79 Å². The predicted molar refractivity (Wildman–Crippen MR) is 74.1 cm³/mol. The molecule has 4 heteroatoms. The van der Waals surface area contributed by atoms with Crippen LogP contribution < -0.4 is 0 Å². The molecular formula is C15H18F2OS. The maximum Gasteiger partial charge on any atom is 0.248 e. The first-order chi connectivity index (χ1) is 8.96. The van der Waals surface area contributed by atoms with Gasteiger partial charge >= 0.3 is 0 Å². The van der Waals surface area contributed by atoms with E-state index in [2.05, 4.69) is 0 Å². The van der Waals surface area contributed by atoms with Gasteiger partial charge in [0.05, 0.1) is 0 Å². The average molecular weight is 284 g/mol. The summed E-state index contributed by atoms with van der Waals surface area (Å²) >= 11 is 1.57. The molecule has 1 aromatic rings. The Morgan fingerprint density at radius 1 is 1.47 bits per heavy atom. The highest BCUT2D eigenvalue weighted by molar-refractivity contribution is 7.99. The Kier molecular flexibility index (Phi) is 4.61. The van der Waals surface area contributed by atoms with E-state index in [1.807, 2.05) is 18.2 Å². The van der Waals surface area contributed by atoms with Crippen LogP contribution in [0.2, 0.25) is 0 Å². The van der Waals surface area contributed by atoms with E-state index in [9.17, 15) is 13.6 Å². The number of carbonyl (C=O) groups excluding carboxylic acids is 1. The van der Waals surface area contributed by atoms with Gasteiger partial charge < -0.3 is 0 Å². The second kappa shape index (κ2) is 6.04. The van der Waals surface area contributed by atoms with Crippen LogP contribution in [0.25, 0.3) is 0 Å². The van der Waals surface area contributed by atoms with Crippen molar-refractivity contribution in [2.75, 3.05) is 5.75 Å². The van der Waals surface area contributed by atoms with E-state index >= 15 is 0 Å². The summed E-state index contributed by atoms with van der Waals surface area (Å²) in [5, 5.41) is 0. The van der Waals surface area contributed by atoms with Crippen LogP contribution in [-0.4, -0.2) is 17.5 Å². The molecule has 0 bridgehead atoms. The summed E-state index contributed by atoms with van der Waals surface area (Å²) < 4.78 is 26.6. The molecule has 0 amide bonds. The van der Waals surface area contributed by atoms with Crippen molar-refractivity contribution in [2.45, 2.75) is 43.4 Å². The monoisotopic (exact) mass is 284 g/mol. The predicted octanol–water partition coefficient (Wildman–Crippen LogP) is 4.81. The van der Waals surface area contributed by atoms with Crippen molar-refractivity contribution in [2.24, 2.45) is 5.92 Å². The van der Waals surface area contributed by atoms with E-state index in [0.29, 0.717) is 17.7 Å². The number of alkyl halides is 2. The molecule has 1 fully saturated rings. The molecule has 0 spiro atoms. The molecule has 2 rings (SSSR count). The lowest BCUT2D eigenvalue weighted by Crippen LogP contribution is -2.27. The lowest BCUT2D eigenvalue weighted by Gasteiger charge is -2.28. The number of rotatable bonds is 4. The molecule has 1 aromatic carbocycles. The normalized spacial score (nSPS) is 22.2. The van der Waals surface area contributed by atoms with Crippen LogP contribution in [0.1, 0.15) is 43.0 Å². The van der Waals surface area contributed by atoms with Crippen molar-refractivity contribution in [1.29, 1.82) is 0 Å². The van der Waals surface area contributed by atoms with Crippen molar-refractivity contribution < 1.29 is 13.6 Å². The Hall–Kier alpha value is -0.900. The van der Waals surface area contributed by atoms with Gasteiger partial charge in [0.25, 0.3) is 0 Å². The van der Waals surface area contributed by atoms with E-state index in [-0.39, 0.29) is 24.5 Å². The first kappa shape index (κ1) is 14.5. The van der Waals surface area contributed by atoms with Crippen molar-refractivity contribution in [3.8, 4) is 0 Å². The van der Waals surface area contributed by atoms with Gasteiger partial charge in [-0.05, 0) is 37.8 Å². The minimum absolute atomic E-state index is 0.00635. The standard InChI is InChI=1S/C15H18F2OS/c1-11(18)13-5-2-6-14(8-13)19-10-12-4-3-7-15(16,17)9-12/h2,5-6,8,12H,3-4,7,9-10H2,1H3. The summed E-state index contributed by atoms with van der Waals surface area (Å²) in [5.74, 6) is -1.66. The fourth-order valence-corrected chi connectivity index (χ4v) is 3.53. The third kappa shape index (κ3) is 4.30. The Morgan fingerprint density at radius 3 is 2.95 bits per heavy atom. The third-order valence-corrected chi connectivity index (χ3v) is 4.69. The molecular weight excluding hydrogens is 266 g/mol. The molecule has 0 N–H and O–H groups in total. The molecule has 0 aromatic heterocycles. The largest absolute Gasteiger partial charge is 0.295 e. The fraction of sp³-hybridized carbons (Fsp3) is 0.533. The summed E-state index contributed by atoms with van der Waals surface area (Å²) in [6.45, 7) is 1.53.